The average molecular weight is 272 g/mol. The van der Waals surface area contributed by atoms with E-state index >= 15 is 0 Å². The fourth-order valence-corrected chi connectivity index (χ4v) is 2.39. The predicted molar refractivity (Wildman–Crippen MR) is 72.9 cm³/mol. The normalized spacial score (nSPS) is 10.6. The third kappa shape index (κ3) is 2.44. The first-order valence-electron chi connectivity index (χ1n) is 5.58. The second kappa shape index (κ2) is 4.97. The molecule has 0 spiro atoms. The smallest absolute Gasteiger partial charge is 0.423 e. The molecule has 2 heterocycles. The van der Waals surface area contributed by atoms with Crippen molar-refractivity contribution in [1.82, 2.24) is 10.2 Å². The molecule has 19 heavy (non-hydrogen) atoms. The van der Waals surface area contributed by atoms with E-state index in [4.69, 9.17) is 14.5 Å². The first-order valence-corrected chi connectivity index (χ1v) is 6.46. The van der Waals surface area contributed by atoms with Crippen LogP contribution in [0.5, 0.6) is 0 Å². The molecule has 0 fully saturated rings. The largest absolute Gasteiger partial charge is 0.499 e. The van der Waals surface area contributed by atoms with Crippen LogP contribution in [0.2, 0.25) is 0 Å². The molecule has 1 aromatic carbocycles. The monoisotopic (exact) mass is 272 g/mol. The van der Waals surface area contributed by atoms with Crippen molar-refractivity contribution in [2.75, 3.05) is 0 Å². The van der Waals surface area contributed by atoms with Gasteiger partial charge in [-0.15, -0.1) is 10.2 Å². The number of thiophene rings is 1. The van der Waals surface area contributed by atoms with Crippen molar-refractivity contribution < 1.29 is 14.5 Å². The van der Waals surface area contributed by atoms with E-state index in [1.165, 1.54) is 11.3 Å². The molecule has 94 valence electrons. The summed E-state index contributed by atoms with van der Waals surface area (Å²) in [4.78, 5) is 0. The SMILES string of the molecule is OB(O)c1cc(-c2nnc(-c3ccccc3)o2)cs1. The molecule has 0 aliphatic heterocycles. The standard InChI is InChI=1S/C12H9BN2O3S/c16-13(17)10-6-9(7-19-10)12-15-14-11(18-12)8-4-2-1-3-5-8/h1-7,16-17H. The molecule has 0 radical (unpaired) electrons. The second-order valence-corrected chi connectivity index (χ2v) is 4.83. The summed E-state index contributed by atoms with van der Waals surface area (Å²) >= 11 is 1.23. The summed E-state index contributed by atoms with van der Waals surface area (Å²) in [6.45, 7) is 0. The third-order valence-corrected chi connectivity index (χ3v) is 3.54. The molecule has 0 aliphatic carbocycles. The summed E-state index contributed by atoms with van der Waals surface area (Å²) in [5.41, 5.74) is 1.53. The van der Waals surface area contributed by atoms with E-state index in [0.717, 1.165) is 5.56 Å². The summed E-state index contributed by atoms with van der Waals surface area (Å²) in [6, 6.07) is 11.1. The Hall–Kier alpha value is -1.96. The number of nitrogens with zero attached hydrogens (tertiary/aromatic N) is 2. The van der Waals surface area contributed by atoms with Crippen LogP contribution < -0.4 is 4.78 Å². The quantitative estimate of drug-likeness (QED) is 0.699. The highest BCUT2D eigenvalue weighted by molar-refractivity contribution is 7.20. The number of benzene rings is 1. The van der Waals surface area contributed by atoms with E-state index in [9.17, 15) is 0 Å². The number of aromatic nitrogens is 2. The van der Waals surface area contributed by atoms with Crippen molar-refractivity contribution in [1.29, 1.82) is 0 Å². The lowest BCUT2D eigenvalue weighted by molar-refractivity contribution is 0.427. The Kier molecular flexibility index (Phi) is 3.16. The number of rotatable bonds is 3. The Labute approximate surface area is 113 Å². The Balaban J connectivity index is 1.92. The van der Waals surface area contributed by atoms with Crippen LogP contribution in [0.3, 0.4) is 0 Å². The van der Waals surface area contributed by atoms with Gasteiger partial charge in [-0.3, -0.25) is 0 Å². The molecular weight excluding hydrogens is 263 g/mol. The van der Waals surface area contributed by atoms with Crippen LogP contribution in [-0.2, 0) is 0 Å². The maximum Gasteiger partial charge on any atom is 0.499 e. The molecule has 2 N–H and O–H groups in total. The minimum absolute atomic E-state index is 0.363. The van der Waals surface area contributed by atoms with Crippen molar-refractivity contribution in [2.45, 2.75) is 0 Å². The van der Waals surface area contributed by atoms with Crippen LogP contribution in [0.15, 0.2) is 46.2 Å². The van der Waals surface area contributed by atoms with Gasteiger partial charge in [0.05, 0.1) is 0 Å². The highest BCUT2D eigenvalue weighted by atomic mass is 32.1. The van der Waals surface area contributed by atoms with E-state index < -0.39 is 7.12 Å². The fraction of sp³-hybridized carbons (Fsp3) is 0. The summed E-state index contributed by atoms with van der Waals surface area (Å²) in [5.74, 6) is 0.801. The third-order valence-electron chi connectivity index (χ3n) is 2.57. The van der Waals surface area contributed by atoms with E-state index in [0.29, 0.717) is 22.1 Å². The first-order chi connectivity index (χ1) is 9.24. The molecule has 0 amide bonds. The van der Waals surface area contributed by atoms with Crippen LogP contribution in [0.25, 0.3) is 22.9 Å². The van der Waals surface area contributed by atoms with Gasteiger partial charge in [-0.2, -0.15) is 11.3 Å². The fourth-order valence-electron chi connectivity index (χ4n) is 1.64. The molecule has 0 atom stereocenters. The van der Waals surface area contributed by atoms with E-state index in [1.807, 2.05) is 30.3 Å². The minimum Gasteiger partial charge on any atom is -0.423 e. The van der Waals surface area contributed by atoms with Crippen LogP contribution in [0, 0.1) is 0 Å². The molecule has 0 saturated heterocycles. The zero-order chi connectivity index (χ0) is 13.2. The van der Waals surface area contributed by atoms with Gasteiger partial charge in [0.15, 0.2) is 0 Å². The molecular formula is C12H9BN2O3S. The van der Waals surface area contributed by atoms with Crippen LogP contribution in [-0.4, -0.2) is 27.4 Å². The highest BCUT2D eigenvalue weighted by Crippen LogP contribution is 2.24. The number of hydrogen-bond donors (Lipinski definition) is 2. The highest BCUT2D eigenvalue weighted by Gasteiger charge is 2.17. The Bertz CT molecular complexity index is 681. The summed E-state index contributed by atoms with van der Waals surface area (Å²) in [5, 5.41) is 27.8. The predicted octanol–water partition coefficient (Wildman–Crippen LogP) is 1.14. The van der Waals surface area contributed by atoms with Gasteiger partial charge in [-0.25, -0.2) is 0 Å². The molecule has 2 aromatic heterocycles. The first kappa shape index (κ1) is 12.1. The summed E-state index contributed by atoms with van der Waals surface area (Å²) in [6.07, 6.45) is 0. The lowest BCUT2D eigenvalue weighted by atomic mass is 9.89. The zero-order valence-electron chi connectivity index (χ0n) is 9.72. The van der Waals surface area contributed by atoms with Gasteiger partial charge in [0.25, 0.3) is 0 Å². The minimum atomic E-state index is -1.48. The molecule has 0 unspecified atom stereocenters. The van der Waals surface area contributed by atoms with Gasteiger partial charge in [0.1, 0.15) is 0 Å². The van der Waals surface area contributed by atoms with Crippen molar-refractivity contribution in [3.8, 4) is 22.9 Å². The Morgan fingerprint density at radius 3 is 2.32 bits per heavy atom. The maximum absolute atomic E-state index is 9.07. The van der Waals surface area contributed by atoms with Crippen molar-refractivity contribution in [2.24, 2.45) is 0 Å². The van der Waals surface area contributed by atoms with Crippen LogP contribution >= 0.6 is 11.3 Å². The Morgan fingerprint density at radius 1 is 1.00 bits per heavy atom. The molecule has 0 saturated carbocycles. The topological polar surface area (TPSA) is 79.4 Å². The molecule has 7 heteroatoms. The van der Waals surface area contributed by atoms with Crippen LogP contribution in [0.1, 0.15) is 0 Å². The van der Waals surface area contributed by atoms with Crippen molar-refractivity contribution in [3.05, 3.63) is 41.8 Å². The zero-order valence-corrected chi connectivity index (χ0v) is 10.5. The van der Waals surface area contributed by atoms with Gasteiger partial charge in [0.2, 0.25) is 11.8 Å². The lowest BCUT2D eigenvalue weighted by Gasteiger charge is -1.92. The molecule has 5 nitrogen and oxygen atoms in total. The average Bonchev–Trinajstić information content (AvgIpc) is 3.09. The van der Waals surface area contributed by atoms with E-state index in [2.05, 4.69) is 10.2 Å². The molecule has 3 rings (SSSR count). The maximum atomic E-state index is 9.07. The van der Waals surface area contributed by atoms with Crippen molar-refractivity contribution in [3.63, 3.8) is 0 Å². The van der Waals surface area contributed by atoms with Gasteiger partial charge in [0, 0.05) is 21.3 Å². The van der Waals surface area contributed by atoms with Crippen LogP contribution in [0.4, 0.5) is 0 Å². The molecule has 3 aromatic rings. The van der Waals surface area contributed by atoms with Gasteiger partial charge >= 0.3 is 7.12 Å². The van der Waals surface area contributed by atoms with Gasteiger partial charge in [-0.1, -0.05) is 18.2 Å². The van der Waals surface area contributed by atoms with E-state index in [1.54, 1.807) is 11.4 Å². The van der Waals surface area contributed by atoms with Gasteiger partial charge < -0.3 is 14.5 Å². The summed E-state index contributed by atoms with van der Waals surface area (Å²) in [7, 11) is -1.48. The van der Waals surface area contributed by atoms with Crippen molar-refractivity contribution >= 4 is 23.2 Å². The second-order valence-electron chi connectivity index (χ2n) is 3.89. The Morgan fingerprint density at radius 2 is 1.68 bits per heavy atom. The number of hydrogen-bond acceptors (Lipinski definition) is 6. The lowest BCUT2D eigenvalue weighted by Crippen LogP contribution is -2.26. The van der Waals surface area contributed by atoms with E-state index in [-0.39, 0.29) is 0 Å². The molecule has 0 bridgehead atoms. The van der Waals surface area contributed by atoms with Gasteiger partial charge in [-0.05, 0) is 18.2 Å². The molecule has 0 aliphatic rings. The summed E-state index contributed by atoms with van der Waals surface area (Å²) < 4.78 is 6.01.